The van der Waals surface area contributed by atoms with E-state index >= 15 is 0 Å². The Labute approximate surface area is 215 Å². The number of hydrogen-bond acceptors (Lipinski definition) is 5. The molecule has 0 spiro atoms. The first-order valence-electron chi connectivity index (χ1n) is 11.3. The van der Waals surface area contributed by atoms with Gasteiger partial charge in [0.05, 0.1) is 45.8 Å². The number of rotatable bonds is 5. The standard InChI is InChI=1S/C25H21Cl2FN4O4/c1-2-19-20(24(34)32(29-19)16-7-8-17(26)18(27)13-16)21-22(30-9-11-36-12-10-30)25(35)31(23(21)33)15-5-3-14(28)4-6-15/h3-8,13,29H,2,9-12H2,1H3. The summed E-state index contributed by atoms with van der Waals surface area (Å²) in [4.78, 5) is 44.0. The van der Waals surface area contributed by atoms with E-state index in [9.17, 15) is 18.8 Å². The number of aryl methyl sites for hydroxylation is 1. The second-order valence-corrected chi connectivity index (χ2v) is 9.12. The minimum Gasteiger partial charge on any atom is -0.378 e. The van der Waals surface area contributed by atoms with E-state index in [0.717, 1.165) is 4.90 Å². The fraction of sp³-hybridized carbons (Fsp3) is 0.240. The zero-order chi connectivity index (χ0) is 25.6. The third-order valence-corrected chi connectivity index (χ3v) is 6.94. The van der Waals surface area contributed by atoms with Gasteiger partial charge in [-0.3, -0.25) is 19.5 Å². The molecule has 36 heavy (non-hydrogen) atoms. The first-order valence-corrected chi connectivity index (χ1v) is 12.1. The molecular formula is C25H21Cl2FN4O4. The maximum absolute atomic E-state index is 13.8. The van der Waals surface area contributed by atoms with Gasteiger partial charge in [0.15, 0.2) is 0 Å². The minimum atomic E-state index is -0.653. The van der Waals surface area contributed by atoms with Crippen LogP contribution in [0.2, 0.25) is 10.0 Å². The van der Waals surface area contributed by atoms with Crippen LogP contribution >= 0.6 is 23.2 Å². The molecule has 3 heterocycles. The van der Waals surface area contributed by atoms with Gasteiger partial charge < -0.3 is 9.64 Å². The van der Waals surface area contributed by atoms with Crippen LogP contribution in [0.5, 0.6) is 0 Å². The van der Waals surface area contributed by atoms with Crippen molar-refractivity contribution in [1.29, 1.82) is 0 Å². The minimum absolute atomic E-state index is 0.00290. The van der Waals surface area contributed by atoms with E-state index < -0.39 is 23.2 Å². The number of benzene rings is 2. The van der Waals surface area contributed by atoms with Crippen LogP contribution in [0.3, 0.4) is 0 Å². The summed E-state index contributed by atoms with van der Waals surface area (Å²) < 4.78 is 20.3. The number of amides is 2. The normalized spacial score (nSPS) is 16.4. The Bertz CT molecular complexity index is 1460. The van der Waals surface area contributed by atoms with Crippen LogP contribution in [-0.2, 0) is 20.7 Å². The van der Waals surface area contributed by atoms with Crippen molar-refractivity contribution < 1.29 is 18.7 Å². The number of aromatic nitrogens is 2. The van der Waals surface area contributed by atoms with E-state index in [-0.39, 0.29) is 27.5 Å². The number of halogens is 3. The van der Waals surface area contributed by atoms with Crippen molar-refractivity contribution in [3.05, 3.63) is 85.6 Å². The number of nitrogens with one attached hydrogen (secondary N) is 1. The lowest BCUT2D eigenvalue weighted by molar-refractivity contribution is -0.121. The fourth-order valence-electron chi connectivity index (χ4n) is 4.45. The van der Waals surface area contributed by atoms with Crippen molar-refractivity contribution in [3.63, 3.8) is 0 Å². The highest BCUT2D eigenvalue weighted by Gasteiger charge is 2.45. The van der Waals surface area contributed by atoms with Crippen molar-refractivity contribution in [3.8, 4) is 5.69 Å². The molecule has 0 bridgehead atoms. The number of imide groups is 1. The van der Waals surface area contributed by atoms with Gasteiger partial charge in [-0.2, -0.15) is 0 Å². The number of anilines is 1. The van der Waals surface area contributed by atoms with Crippen LogP contribution < -0.4 is 10.5 Å². The monoisotopic (exact) mass is 530 g/mol. The molecule has 1 N–H and O–H groups in total. The number of ether oxygens (including phenoxy) is 1. The third-order valence-electron chi connectivity index (χ3n) is 6.20. The first-order chi connectivity index (χ1) is 17.3. The summed E-state index contributed by atoms with van der Waals surface area (Å²) in [6, 6.07) is 9.79. The quantitative estimate of drug-likeness (QED) is 0.507. The summed E-state index contributed by atoms with van der Waals surface area (Å²) in [5, 5.41) is 3.65. The van der Waals surface area contributed by atoms with Crippen LogP contribution in [0.15, 0.2) is 53.0 Å². The third kappa shape index (κ3) is 4.03. The van der Waals surface area contributed by atoms with Crippen molar-refractivity contribution >= 4 is 46.3 Å². The Morgan fingerprint density at radius 1 is 0.944 bits per heavy atom. The zero-order valence-electron chi connectivity index (χ0n) is 19.2. The van der Waals surface area contributed by atoms with Crippen LogP contribution in [0.4, 0.5) is 10.1 Å². The SMILES string of the molecule is CCc1[nH]n(-c2ccc(Cl)c(Cl)c2)c(=O)c1C1=C(N2CCOCC2)C(=O)N(c2ccc(F)cc2)C1=O. The molecule has 2 aromatic carbocycles. The molecule has 1 fully saturated rings. The predicted octanol–water partition coefficient (Wildman–Crippen LogP) is 3.79. The van der Waals surface area contributed by atoms with Gasteiger partial charge in [-0.15, -0.1) is 0 Å². The van der Waals surface area contributed by atoms with Gasteiger partial charge in [0.2, 0.25) is 0 Å². The topological polar surface area (TPSA) is 87.6 Å². The molecule has 0 radical (unpaired) electrons. The number of hydrogen-bond donors (Lipinski definition) is 1. The van der Waals surface area contributed by atoms with Gasteiger partial charge in [-0.1, -0.05) is 30.1 Å². The molecule has 2 aliphatic rings. The summed E-state index contributed by atoms with van der Waals surface area (Å²) in [6.07, 6.45) is 0.386. The van der Waals surface area contributed by atoms with E-state index in [1.807, 2.05) is 6.92 Å². The van der Waals surface area contributed by atoms with E-state index in [1.165, 1.54) is 35.0 Å². The second-order valence-electron chi connectivity index (χ2n) is 8.30. The van der Waals surface area contributed by atoms with E-state index in [4.69, 9.17) is 27.9 Å². The molecule has 0 aliphatic carbocycles. The van der Waals surface area contributed by atoms with E-state index in [0.29, 0.717) is 49.1 Å². The van der Waals surface area contributed by atoms with Crippen molar-refractivity contribution in [1.82, 2.24) is 14.7 Å². The van der Waals surface area contributed by atoms with Gasteiger partial charge in [0.1, 0.15) is 11.5 Å². The molecule has 11 heteroatoms. The lowest BCUT2D eigenvalue weighted by atomic mass is 10.0. The molecular weight excluding hydrogens is 510 g/mol. The van der Waals surface area contributed by atoms with Gasteiger partial charge in [-0.05, 0) is 48.9 Å². The van der Waals surface area contributed by atoms with Gasteiger partial charge in [0, 0.05) is 18.8 Å². The maximum Gasteiger partial charge on any atom is 0.282 e. The largest absolute Gasteiger partial charge is 0.378 e. The Morgan fingerprint density at radius 2 is 1.61 bits per heavy atom. The molecule has 8 nitrogen and oxygen atoms in total. The Kier molecular flexibility index (Phi) is 6.46. The number of carbonyl (C=O) groups is 2. The number of aromatic amines is 1. The summed E-state index contributed by atoms with van der Waals surface area (Å²) >= 11 is 12.2. The van der Waals surface area contributed by atoms with Crippen molar-refractivity contribution in [2.24, 2.45) is 0 Å². The number of nitrogens with zero attached hydrogens (tertiary/aromatic N) is 3. The highest BCUT2D eigenvalue weighted by Crippen LogP contribution is 2.35. The van der Waals surface area contributed by atoms with Crippen LogP contribution in [0.25, 0.3) is 11.3 Å². The molecule has 3 aromatic rings. The molecule has 0 saturated carbocycles. The van der Waals surface area contributed by atoms with Crippen molar-refractivity contribution in [2.75, 3.05) is 31.2 Å². The van der Waals surface area contributed by atoms with Crippen molar-refractivity contribution in [2.45, 2.75) is 13.3 Å². The van der Waals surface area contributed by atoms with E-state index in [2.05, 4.69) is 5.10 Å². The van der Waals surface area contributed by atoms with Crippen LogP contribution in [-0.4, -0.2) is 52.8 Å². The predicted molar refractivity (Wildman–Crippen MR) is 134 cm³/mol. The van der Waals surface area contributed by atoms with Gasteiger partial charge in [-0.25, -0.2) is 14.0 Å². The van der Waals surface area contributed by atoms with Crippen LogP contribution in [0, 0.1) is 5.82 Å². The molecule has 2 aliphatic heterocycles. The average molecular weight is 531 g/mol. The van der Waals surface area contributed by atoms with E-state index in [1.54, 1.807) is 17.0 Å². The van der Waals surface area contributed by atoms with Gasteiger partial charge in [0.25, 0.3) is 17.4 Å². The molecule has 0 unspecified atom stereocenters. The lowest BCUT2D eigenvalue weighted by Crippen LogP contribution is -2.40. The summed E-state index contributed by atoms with van der Waals surface area (Å²) in [5.41, 5.74) is 0.847. The highest BCUT2D eigenvalue weighted by atomic mass is 35.5. The molecule has 1 aromatic heterocycles. The molecule has 186 valence electrons. The summed E-state index contributed by atoms with van der Waals surface area (Å²) in [5.74, 6) is -1.73. The summed E-state index contributed by atoms with van der Waals surface area (Å²) in [7, 11) is 0. The molecule has 2 amide bonds. The smallest absolute Gasteiger partial charge is 0.282 e. The molecule has 0 atom stereocenters. The van der Waals surface area contributed by atoms with Gasteiger partial charge >= 0.3 is 0 Å². The summed E-state index contributed by atoms with van der Waals surface area (Å²) in [6.45, 7) is 3.33. The molecule has 1 saturated heterocycles. The fourth-order valence-corrected chi connectivity index (χ4v) is 4.74. The Morgan fingerprint density at radius 3 is 2.25 bits per heavy atom. The Balaban J connectivity index is 1.71. The number of morpholine rings is 1. The molecule has 5 rings (SSSR count). The first kappa shape index (κ1) is 24.3. The number of carbonyl (C=O) groups excluding carboxylic acids is 2. The highest BCUT2D eigenvalue weighted by molar-refractivity contribution is 6.45. The maximum atomic E-state index is 13.8. The number of H-pyrrole nitrogens is 1. The Hall–Kier alpha value is -3.40. The van der Waals surface area contributed by atoms with Crippen LogP contribution in [0.1, 0.15) is 18.2 Å². The average Bonchev–Trinajstić information content (AvgIpc) is 3.34. The zero-order valence-corrected chi connectivity index (χ0v) is 20.7. The second kappa shape index (κ2) is 9.57. The lowest BCUT2D eigenvalue weighted by Gasteiger charge is -2.29.